The van der Waals surface area contributed by atoms with Crippen LogP contribution >= 0.6 is 0 Å². The Kier molecular flexibility index (Phi) is 12.1. The van der Waals surface area contributed by atoms with Crippen LogP contribution in [0.1, 0.15) is 32.8 Å². The van der Waals surface area contributed by atoms with Gasteiger partial charge in [-0.2, -0.15) is 0 Å². The number of rotatable bonds is 8. The summed E-state index contributed by atoms with van der Waals surface area (Å²) in [6, 6.07) is 9.29. The highest BCUT2D eigenvalue weighted by molar-refractivity contribution is 5.68. The number of hydrogen-bond donors (Lipinski definition) is 3. The zero-order valence-corrected chi connectivity index (χ0v) is 15.5. The molecular formula is C18H30N2O5. The predicted molar refractivity (Wildman–Crippen MR) is 96.1 cm³/mol. The number of carbonyl (C=O) groups is 2. The van der Waals surface area contributed by atoms with Crippen LogP contribution in [0.2, 0.25) is 0 Å². The van der Waals surface area contributed by atoms with Gasteiger partial charge in [0.25, 0.3) is 6.47 Å². The van der Waals surface area contributed by atoms with Crippen molar-refractivity contribution in [2.45, 2.75) is 45.4 Å². The minimum absolute atomic E-state index is 0.0824. The summed E-state index contributed by atoms with van der Waals surface area (Å²) in [4.78, 5) is 21.1. The standard InChI is InChI=1S/C10H22N2O3.C8H8O2/c1-10(2,3)15-9(14)12-8(7-13)5-6-11-4;9-7-10-6-8-4-2-1-3-5-8/h8,11,13H,5-7H2,1-4H3,(H,12,14);1-5,7H,6H2. The van der Waals surface area contributed by atoms with Crippen molar-refractivity contribution in [1.82, 2.24) is 10.6 Å². The van der Waals surface area contributed by atoms with Crippen molar-refractivity contribution in [3.8, 4) is 0 Å². The van der Waals surface area contributed by atoms with Crippen LogP contribution in [0.15, 0.2) is 30.3 Å². The fourth-order valence-electron chi connectivity index (χ4n) is 1.71. The van der Waals surface area contributed by atoms with E-state index in [-0.39, 0.29) is 12.6 Å². The molecule has 7 heteroatoms. The number of nitrogens with one attached hydrogen (secondary N) is 2. The summed E-state index contributed by atoms with van der Waals surface area (Å²) in [6.45, 7) is 6.87. The maximum atomic E-state index is 11.3. The van der Waals surface area contributed by atoms with E-state index in [9.17, 15) is 9.59 Å². The van der Waals surface area contributed by atoms with Crippen LogP contribution in [-0.2, 0) is 20.9 Å². The lowest BCUT2D eigenvalue weighted by atomic mass is 10.2. The molecule has 0 saturated carbocycles. The molecule has 0 radical (unpaired) electrons. The lowest BCUT2D eigenvalue weighted by molar-refractivity contribution is -0.129. The molecule has 0 heterocycles. The lowest BCUT2D eigenvalue weighted by Gasteiger charge is -2.22. The molecule has 1 aromatic carbocycles. The second-order valence-electron chi connectivity index (χ2n) is 6.31. The molecule has 142 valence electrons. The highest BCUT2D eigenvalue weighted by Crippen LogP contribution is 2.07. The van der Waals surface area contributed by atoms with E-state index >= 15 is 0 Å². The monoisotopic (exact) mass is 354 g/mol. The summed E-state index contributed by atoms with van der Waals surface area (Å²) in [7, 11) is 1.82. The Bertz CT molecular complexity index is 474. The average molecular weight is 354 g/mol. The van der Waals surface area contributed by atoms with Gasteiger partial charge in [0.05, 0.1) is 12.6 Å². The molecule has 0 saturated heterocycles. The number of benzene rings is 1. The van der Waals surface area contributed by atoms with E-state index in [4.69, 9.17) is 9.84 Å². The number of alkyl carbamates (subject to hydrolysis) is 1. The molecule has 0 aliphatic rings. The third-order valence-corrected chi connectivity index (χ3v) is 2.84. The maximum Gasteiger partial charge on any atom is 0.407 e. The van der Waals surface area contributed by atoms with Crippen LogP contribution in [0.3, 0.4) is 0 Å². The molecule has 25 heavy (non-hydrogen) atoms. The maximum absolute atomic E-state index is 11.3. The number of ether oxygens (including phenoxy) is 2. The van der Waals surface area contributed by atoms with E-state index in [0.29, 0.717) is 19.5 Å². The third-order valence-electron chi connectivity index (χ3n) is 2.84. The lowest BCUT2D eigenvalue weighted by Crippen LogP contribution is -2.42. The topological polar surface area (TPSA) is 96.9 Å². The Hall–Kier alpha value is -2.12. The fourth-order valence-corrected chi connectivity index (χ4v) is 1.71. The van der Waals surface area contributed by atoms with E-state index in [1.807, 2.05) is 37.4 Å². The molecule has 0 bridgehead atoms. The second-order valence-corrected chi connectivity index (χ2v) is 6.31. The summed E-state index contributed by atoms with van der Waals surface area (Å²) in [6.07, 6.45) is 0.185. The van der Waals surface area contributed by atoms with Crippen molar-refractivity contribution in [3.05, 3.63) is 35.9 Å². The second kappa shape index (κ2) is 13.2. The van der Waals surface area contributed by atoms with Crippen LogP contribution in [0.25, 0.3) is 0 Å². The molecule has 0 aliphatic carbocycles. The molecule has 0 spiro atoms. The molecule has 0 fully saturated rings. The molecule has 1 rings (SSSR count). The van der Waals surface area contributed by atoms with Gasteiger partial charge in [-0.3, -0.25) is 4.79 Å². The summed E-state index contributed by atoms with van der Waals surface area (Å²) in [5.74, 6) is 0. The van der Waals surface area contributed by atoms with E-state index in [1.54, 1.807) is 20.8 Å². The Labute approximate surface area is 149 Å². The van der Waals surface area contributed by atoms with E-state index in [1.165, 1.54) is 0 Å². The zero-order valence-electron chi connectivity index (χ0n) is 15.5. The van der Waals surface area contributed by atoms with Crippen molar-refractivity contribution in [1.29, 1.82) is 0 Å². The van der Waals surface area contributed by atoms with Gasteiger partial charge < -0.3 is 25.2 Å². The average Bonchev–Trinajstić information content (AvgIpc) is 2.56. The first-order chi connectivity index (χ1) is 11.8. The summed E-state index contributed by atoms with van der Waals surface area (Å²) in [5.41, 5.74) is 0.502. The Morgan fingerprint density at radius 2 is 1.92 bits per heavy atom. The Morgan fingerprint density at radius 3 is 2.40 bits per heavy atom. The summed E-state index contributed by atoms with van der Waals surface area (Å²) in [5, 5.41) is 14.6. The van der Waals surface area contributed by atoms with E-state index in [0.717, 1.165) is 12.1 Å². The van der Waals surface area contributed by atoms with Crippen molar-refractivity contribution < 1.29 is 24.2 Å². The van der Waals surface area contributed by atoms with Gasteiger partial charge in [0.15, 0.2) is 0 Å². The van der Waals surface area contributed by atoms with Crippen molar-refractivity contribution in [3.63, 3.8) is 0 Å². The van der Waals surface area contributed by atoms with Crippen LogP contribution in [0.5, 0.6) is 0 Å². The number of amides is 1. The molecule has 1 aromatic rings. The van der Waals surface area contributed by atoms with Gasteiger partial charge in [-0.25, -0.2) is 4.79 Å². The van der Waals surface area contributed by atoms with Gasteiger partial charge in [-0.15, -0.1) is 0 Å². The third kappa shape index (κ3) is 14.0. The zero-order chi connectivity index (χ0) is 19.1. The highest BCUT2D eigenvalue weighted by atomic mass is 16.6. The summed E-state index contributed by atoms with van der Waals surface area (Å²) < 4.78 is 9.61. The number of carbonyl (C=O) groups excluding carboxylic acids is 2. The Morgan fingerprint density at radius 1 is 1.28 bits per heavy atom. The van der Waals surface area contributed by atoms with Crippen LogP contribution in [-0.4, -0.2) is 49.5 Å². The Balaban J connectivity index is 0.000000496. The normalized spacial score (nSPS) is 11.6. The minimum atomic E-state index is -0.507. The molecule has 1 unspecified atom stereocenters. The SMILES string of the molecule is CNCCC(CO)NC(=O)OC(C)(C)C.O=COCc1ccccc1. The van der Waals surface area contributed by atoms with Gasteiger partial charge in [0.2, 0.25) is 0 Å². The molecule has 0 aromatic heterocycles. The molecular weight excluding hydrogens is 324 g/mol. The van der Waals surface area contributed by atoms with Gasteiger partial charge in [-0.05, 0) is 46.3 Å². The van der Waals surface area contributed by atoms with E-state index in [2.05, 4.69) is 15.4 Å². The first-order valence-electron chi connectivity index (χ1n) is 8.16. The molecule has 1 amide bonds. The van der Waals surface area contributed by atoms with Crippen molar-refractivity contribution in [2.24, 2.45) is 0 Å². The van der Waals surface area contributed by atoms with E-state index < -0.39 is 11.7 Å². The predicted octanol–water partition coefficient (Wildman–Crippen LogP) is 1.84. The van der Waals surface area contributed by atoms with Crippen molar-refractivity contribution >= 4 is 12.6 Å². The van der Waals surface area contributed by atoms with Crippen LogP contribution < -0.4 is 10.6 Å². The van der Waals surface area contributed by atoms with Crippen molar-refractivity contribution in [2.75, 3.05) is 20.2 Å². The molecule has 0 aliphatic heterocycles. The summed E-state index contributed by atoms with van der Waals surface area (Å²) >= 11 is 0. The molecule has 7 nitrogen and oxygen atoms in total. The highest BCUT2D eigenvalue weighted by Gasteiger charge is 2.18. The minimum Gasteiger partial charge on any atom is -0.463 e. The number of hydrogen-bond acceptors (Lipinski definition) is 6. The molecule has 1 atom stereocenters. The quantitative estimate of drug-likeness (QED) is 0.617. The van der Waals surface area contributed by atoms with Gasteiger partial charge in [0, 0.05) is 0 Å². The van der Waals surface area contributed by atoms with Crippen LogP contribution in [0, 0.1) is 0 Å². The fraction of sp³-hybridized carbons (Fsp3) is 0.556. The first-order valence-corrected chi connectivity index (χ1v) is 8.16. The van der Waals surface area contributed by atoms with Gasteiger partial charge in [-0.1, -0.05) is 30.3 Å². The first kappa shape index (κ1) is 22.9. The van der Waals surface area contributed by atoms with Gasteiger partial charge in [0.1, 0.15) is 12.2 Å². The largest absolute Gasteiger partial charge is 0.463 e. The van der Waals surface area contributed by atoms with Crippen LogP contribution in [0.4, 0.5) is 4.79 Å². The number of aliphatic hydroxyl groups is 1. The number of aliphatic hydroxyl groups excluding tert-OH is 1. The van der Waals surface area contributed by atoms with Gasteiger partial charge >= 0.3 is 6.09 Å². The molecule has 3 N–H and O–H groups in total. The smallest absolute Gasteiger partial charge is 0.407 e.